The number of ether oxygens (including phenoxy) is 1. The molecular weight excluding hydrogens is 382 g/mol. The summed E-state index contributed by atoms with van der Waals surface area (Å²) in [6.45, 7) is 11.8. The Morgan fingerprint density at radius 1 is 1.27 bits per heavy atom. The van der Waals surface area contributed by atoms with Gasteiger partial charge in [0.05, 0.1) is 17.6 Å². The van der Waals surface area contributed by atoms with Gasteiger partial charge in [-0.2, -0.15) is 0 Å². The summed E-state index contributed by atoms with van der Waals surface area (Å²) in [5.41, 5.74) is 1.17. The summed E-state index contributed by atoms with van der Waals surface area (Å²) in [6, 6.07) is 2.38. The van der Waals surface area contributed by atoms with Crippen molar-refractivity contribution in [1.29, 1.82) is 0 Å². The fourth-order valence-corrected chi connectivity index (χ4v) is 4.58. The van der Waals surface area contributed by atoms with Crippen LogP contribution in [0.5, 0.6) is 0 Å². The molecule has 2 amide bonds. The second-order valence-corrected chi connectivity index (χ2v) is 9.90. The molecule has 2 saturated heterocycles. The number of rotatable bonds is 3. The quantitative estimate of drug-likeness (QED) is 0.818. The normalized spacial score (nSPS) is 23.0. The van der Waals surface area contributed by atoms with Gasteiger partial charge in [-0.15, -0.1) is 0 Å². The molecular formula is C22H33N5O3. The predicted molar refractivity (Wildman–Crippen MR) is 116 cm³/mol. The Labute approximate surface area is 178 Å². The van der Waals surface area contributed by atoms with E-state index in [9.17, 15) is 9.59 Å². The van der Waals surface area contributed by atoms with E-state index in [2.05, 4.69) is 29.0 Å². The van der Waals surface area contributed by atoms with Crippen LogP contribution < -0.4 is 15.1 Å². The minimum Gasteiger partial charge on any atom is -0.444 e. The van der Waals surface area contributed by atoms with Gasteiger partial charge in [-0.1, -0.05) is 0 Å². The van der Waals surface area contributed by atoms with Crippen molar-refractivity contribution in [3.05, 3.63) is 17.2 Å². The molecule has 8 nitrogen and oxygen atoms in total. The van der Waals surface area contributed by atoms with Crippen LogP contribution in [0.2, 0.25) is 0 Å². The Kier molecular flexibility index (Phi) is 5.06. The zero-order chi connectivity index (χ0) is 21.8. The third kappa shape index (κ3) is 3.68. The zero-order valence-corrected chi connectivity index (χ0v) is 18.9. The van der Waals surface area contributed by atoms with Gasteiger partial charge < -0.3 is 19.9 Å². The number of pyridine rings is 1. The second-order valence-electron chi connectivity index (χ2n) is 9.90. The molecule has 0 aromatic carbocycles. The fraction of sp³-hybridized carbons (Fsp3) is 0.682. The molecule has 2 fully saturated rings. The lowest BCUT2D eigenvalue weighted by molar-refractivity contribution is 0.0122. The number of piperazine rings is 1. The summed E-state index contributed by atoms with van der Waals surface area (Å²) in [5.74, 6) is 1.63. The number of carbonyl (C=O) groups excluding carboxylic acids is 2. The van der Waals surface area contributed by atoms with E-state index < -0.39 is 5.60 Å². The Morgan fingerprint density at radius 2 is 1.90 bits per heavy atom. The molecule has 2 unspecified atom stereocenters. The van der Waals surface area contributed by atoms with Gasteiger partial charge in [-0.05, 0) is 53.5 Å². The first-order valence-corrected chi connectivity index (χ1v) is 10.9. The highest BCUT2D eigenvalue weighted by atomic mass is 16.6. The molecule has 1 N–H and O–H groups in total. The lowest BCUT2D eigenvalue weighted by Gasteiger charge is -2.42. The smallest absolute Gasteiger partial charge is 0.410 e. The Hall–Kier alpha value is -2.51. The molecule has 1 aromatic rings. The van der Waals surface area contributed by atoms with Crippen molar-refractivity contribution in [3.63, 3.8) is 0 Å². The average molecular weight is 416 g/mol. The standard InChI is InChI=1S/C22H33N5O3/c1-13(2)25(6)18-9-16-17(10-23-20(16)28)19(24-18)26-11-14-7-8-15(12-26)27(14)21(29)30-22(3,4)5/h9,13-15H,7-8,10-12H2,1-6H3,(H,23,28). The number of fused-ring (bicyclic) bond motifs is 3. The van der Waals surface area contributed by atoms with Crippen LogP contribution in [-0.4, -0.2) is 65.7 Å². The minimum atomic E-state index is -0.502. The van der Waals surface area contributed by atoms with Gasteiger partial charge in [0.1, 0.15) is 17.2 Å². The molecule has 0 spiro atoms. The first-order chi connectivity index (χ1) is 14.0. The Bertz CT molecular complexity index is 849. The molecule has 3 aliphatic rings. The molecule has 0 saturated carbocycles. The Balaban J connectivity index is 1.63. The van der Waals surface area contributed by atoms with Crippen LogP contribution in [0.25, 0.3) is 0 Å². The number of hydrogen-bond acceptors (Lipinski definition) is 6. The molecule has 4 heterocycles. The number of nitrogens with one attached hydrogen (secondary N) is 1. The maximum Gasteiger partial charge on any atom is 0.410 e. The Morgan fingerprint density at radius 3 is 2.47 bits per heavy atom. The molecule has 164 valence electrons. The van der Waals surface area contributed by atoms with Crippen molar-refractivity contribution in [1.82, 2.24) is 15.2 Å². The lowest BCUT2D eigenvalue weighted by Crippen LogP contribution is -2.57. The lowest BCUT2D eigenvalue weighted by atomic mass is 10.1. The van der Waals surface area contributed by atoms with E-state index in [-0.39, 0.29) is 30.1 Å². The summed E-state index contributed by atoms with van der Waals surface area (Å²) >= 11 is 0. The number of aromatic nitrogens is 1. The average Bonchev–Trinajstić information content (AvgIpc) is 3.16. The van der Waals surface area contributed by atoms with E-state index in [4.69, 9.17) is 9.72 Å². The van der Waals surface area contributed by atoms with Crippen LogP contribution >= 0.6 is 0 Å². The van der Waals surface area contributed by atoms with Gasteiger partial charge >= 0.3 is 6.09 Å². The summed E-state index contributed by atoms with van der Waals surface area (Å²) < 4.78 is 5.66. The maximum absolute atomic E-state index is 12.8. The summed E-state index contributed by atoms with van der Waals surface area (Å²) in [6.07, 6.45) is 1.70. The van der Waals surface area contributed by atoms with Crippen molar-refractivity contribution in [2.75, 3.05) is 29.9 Å². The molecule has 30 heavy (non-hydrogen) atoms. The van der Waals surface area contributed by atoms with Gasteiger partial charge in [-0.3, -0.25) is 9.69 Å². The van der Waals surface area contributed by atoms with Gasteiger partial charge in [0.15, 0.2) is 0 Å². The van der Waals surface area contributed by atoms with E-state index in [1.165, 1.54) is 0 Å². The van der Waals surface area contributed by atoms with Crippen LogP contribution in [0.1, 0.15) is 63.4 Å². The zero-order valence-electron chi connectivity index (χ0n) is 18.9. The van der Waals surface area contributed by atoms with E-state index in [0.29, 0.717) is 25.2 Å². The van der Waals surface area contributed by atoms with Gasteiger partial charge in [0.25, 0.3) is 5.91 Å². The summed E-state index contributed by atoms with van der Waals surface area (Å²) in [4.78, 5) is 36.4. The predicted octanol–water partition coefficient (Wildman–Crippen LogP) is 2.76. The number of carbonyl (C=O) groups is 2. The highest BCUT2D eigenvalue weighted by Gasteiger charge is 2.45. The molecule has 2 bridgehead atoms. The largest absolute Gasteiger partial charge is 0.444 e. The molecule has 0 aliphatic carbocycles. The number of hydrogen-bond donors (Lipinski definition) is 1. The number of nitrogens with zero attached hydrogens (tertiary/aromatic N) is 4. The van der Waals surface area contributed by atoms with Crippen molar-refractivity contribution >= 4 is 23.6 Å². The summed E-state index contributed by atoms with van der Waals surface area (Å²) in [7, 11) is 2.00. The van der Waals surface area contributed by atoms with Crippen LogP contribution in [-0.2, 0) is 11.3 Å². The molecule has 8 heteroatoms. The van der Waals surface area contributed by atoms with Gasteiger partial charge in [0.2, 0.25) is 0 Å². The number of amides is 2. The highest BCUT2D eigenvalue weighted by molar-refractivity contribution is 6.00. The third-order valence-corrected chi connectivity index (χ3v) is 6.28. The van der Waals surface area contributed by atoms with Crippen LogP contribution in [0.3, 0.4) is 0 Å². The summed E-state index contributed by atoms with van der Waals surface area (Å²) in [5, 5.41) is 2.94. The van der Waals surface area contributed by atoms with E-state index in [1.807, 2.05) is 38.8 Å². The molecule has 4 rings (SSSR count). The van der Waals surface area contributed by atoms with E-state index in [0.717, 1.165) is 30.0 Å². The van der Waals surface area contributed by atoms with Gasteiger partial charge in [-0.25, -0.2) is 9.78 Å². The maximum atomic E-state index is 12.8. The van der Waals surface area contributed by atoms with Crippen LogP contribution in [0.4, 0.5) is 16.4 Å². The molecule has 2 atom stereocenters. The van der Waals surface area contributed by atoms with Crippen molar-refractivity contribution in [2.45, 2.75) is 77.7 Å². The first kappa shape index (κ1) is 20.8. The number of anilines is 2. The SMILES string of the molecule is CC(C)N(C)c1cc2c(c(N3CC4CCC(C3)N4C(=O)OC(C)(C)C)n1)CNC2=O. The van der Waals surface area contributed by atoms with Crippen molar-refractivity contribution in [2.24, 2.45) is 0 Å². The molecule has 0 radical (unpaired) electrons. The topological polar surface area (TPSA) is 78.0 Å². The van der Waals surface area contributed by atoms with E-state index >= 15 is 0 Å². The monoisotopic (exact) mass is 415 g/mol. The van der Waals surface area contributed by atoms with E-state index in [1.54, 1.807) is 0 Å². The highest BCUT2D eigenvalue weighted by Crippen LogP contribution is 2.37. The van der Waals surface area contributed by atoms with Gasteiger partial charge in [0, 0.05) is 38.3 Å². The van der Waals surface area contributed by atoms with Crippen LogP contribution in [0, 0.1) is 0 Å². The van der Waals surface area contributed by atoms with Crippen molar-refractivity contribution in [3.8, 4) is 0 Å². The third-order valence-electron chi connectivity index (χ3n) is 6.28. The minimum absolute atomic E-state index is 0.0394. The van der Waals surface area contributed by atoms with Crippen LogP contribution in [0.15, 0.2) is 6.07 Å². The van der Waals surface area contributed by atoms with Crippen molar-refractivity contribution < 1.29 is 14.3 Å². The molecule has 1 aromatic heterocycles. The fourth-order valence-electron chi connectivity index (χ4n) is 4.58. The first-order valence-electron chi connectivity index (χ1n) is 10.9. The molecule has 3 aliphatic heterocycles. The second kappa shape index (κ2) is 7.32.